The van der Waals surface area contributed by atoms with Crippen molar-refractivity contribution in [3.8, 4) is 0 Å². The van der Waals surface area contributed by atoms with Crippen molar-refractivity contribution < 1.29 is 4.21 Å². The molecule has 108 valence electrons. The molecule has 6 heteroatoms. The van der Waals surface area contributed by atoms with Gasteiger partial charge in [0.1, 0.15) is 10.8 Å². The zero-order valence-corrected chi connectivity index (χ0v) is 13.0. The first-order valence-electron chi connectivity index (χ1n) is 7.07. The predicted octanol–water partition coefficient (Wildman–Crippen LogP) is 1.53. The first kappa shape index (κ1) is 13.9. The Labute approximate surface area is 127 Å². The van der Waals surface area contributed by atoms with Gasteiger partial charge in [0.05, 0.1) is 5.56 Å². The van der Waals surface area contributed by atoms with Crippen LogP contribution in [0, 0.1) is 0 Å². The smallest absolute Gasteiger partial charge is 0.136 e. The number of hydrogen-bond acceptors (Lipinski definition) is 4. The number of nitrogens with one attached hydrogen (secondary N) is 1. The lowest BCUT2D eigenvalue weighted by atomic mass is 10.1. The summed E-state index contributed by atoms with van der Waals surface area (Å²) in [5.74, 6) is 2.35. The van der Waals surface area contributed by atoms with E-state index in [4.69, 9.17) is 22.9 Å². The van der Waals surface area contributed by atoms with Crippen molar-refractivity contribution in [1.82, 2.24) is 4.98 Å². The highest BCUT2D eigenvalue weighted by Crippen LogP contribution is 2.26. The summed E-state index contributed by atoms with van der Waals surface area (Å²) in [5.41, 5.74) is 9.15. The second-order valence-electron chi connectivity index (χ2n) is 5.47. The fourth-order valence-corrected chi connectivity index (χ4v) is 4.36. The highest BCUT2D eigenvalue weighted by molar-refractivity contribution is 7.85. The molecule has 0 spiro atoms. The van der Waals surface area contributed by atoms with Crippen LogP contribution in [0.2, 0.25) is 0 Å². The summed E-state index contributed by atoms with van der Waals surface area (Å²) in [6.45, 7) is 0. The molecule has 3 rings (SSSR count). The van der Waals surface area contributed by atoms with Crippen molar-refractivity contribution in [3.05, 3.63) is 22.9 Å². The first-order chi connectivity index (χ1) is 9.63. The van der Waals surface area contributed by atoms with Gasteiger partial charge in [0.25, 0.3) is 0 Å². The predicted molar refractivity (Wildman–Crippen MR) is 86.7 cm³/mol. The molecular formula is C14H19N3OS2. The van der Waals surface area contributed by atoms with Gasteiger partial charge in [-0.25, -0.2) is 4.98 Å². The van der Waals surface area contributed by atoms with E-state index in [0.29, 0.717) is 11.0 Å². The zero-order valence-electron chi connectivity index (χ0n) is 11.4. The third-order valence-electron chi connectivity index (χ3n) is 4.05. The number of nitrogens with zero attached hydrogens (tertiary/aromatic N) is 1. The largest absolute Gasteiger partial charge is 0.389 e. The number of fused-ring (bicyclic) bond motifs is 1. The van der Waals surface area contributed by atoms with Gasteiger partial charge >= 0.3 is 0 Å². The molecule has 4 nitrogen and oxygen atoms in total. The average molecular weight is 309 g/mol. The lowest BCUT2D eigenvalue weighted by Gasteiger charge is -2.24. The topological polar surface area (TPSA) is 68.0 Å². The molecule has 2 heterocycles. The van der Waals surface area contributed by atoms with Crippen LogP contribution in [-0.4, -0.2) is 31.7 Å². The Bertz CT molecular complexity index is 564. The molecule has 0 saturated carbocycles. The fraction of sp³-hybridized carbons (Fsp3) is 0.571. The number of anilines is 1. The Morgan fingerprint density at radius 3 is 2.85 bits per heavy atom. The number of rotatable bonds is 3. The van der Waals surface area contributed by atoms with Crippen LogP contribution >= 0.6 is 12.2 Å². The maximum atomic E-state index is 11.4. The minimum atomic E-state index is -0.644. The van der Waals surface area contributed by atoms with Crippen LogP contribution in [0.15, 0.2) is 6.07 Å². The maximum absolute atomic E-state index is 11.4. The molecule has 20 heavy (non-hydrogen) atoms. The van der Waals surface area contributed by atoms with Crippen molar-refractivity contribution >= 4 is 33.8 Å². The van der Waals surface area contributed by atoms with Crippen LogP contribution in [0.25, 0.3) is 0 Å². The van der Waals surface area contributed by atoms with Gasteiger partial charge in [0.2, 0.25) is 0 Å². The summed E-state index contributed by atoms with van der Waals surface area (Å²) in [6.07, 6.45) is 5.10. The number of hydrogen-bond donors (Lipinski definition) is 2. The van der Waals surface area contributed by atoms with Crippen molar-refractivity contribution in [1.29, 1.82) is 0 Å². The Morgan fingerprint density at radius 1 is 1.40 bits per heavy atom. The summed E-state index contributed by atoms with van der Waals surface area (Å²) < 4.78 is 11.4. The Kier molecular flexibility index (Phi) is 4.03. The molecule has 3 N–H and O–H groups in total. The Balaban J connectivity index is 1.84. The molecule has 1 saturated heterocycles. The second-order valence-corrected chi connectivity index (χ2v) is 7.61. The van der Waals surface area contributed by atoms with Gasteiger partial charge in [-0.3, -0.25) is 4.21 Å². The van der Waals surface area contributed by atoms with Gasteiger partial charge in [0.15, 0.2) is 0 Å². The average Bonchev–Trinajstić information content (AvgIpc) is 2.87. The molecule has 1 aliphatic heterocycles. The molecule has 1 aromatic rings. The third-order valence-corrected chi connectivity index (χ3v) is 5.65. The molecule has 0 aromatic carbocycles. The van der Waals surface area contributed by atoms with Crippen molar-refractivity contribution in [2.24, 2.45) is 5.73 Å². The number of thiocarbonyl (C=S) groups is 1. The van der Waals surface area contributed by atoms with Crippen LogP contribution in [0.5, 0.6) is 0 Å². The molecule has 1 fully saturated rings. The van der Waals surface area contributed by atoms with Crippen LogP contribution in [0.1, 0.15) is 36.1 Å². The fourth-order valence-electron chi connectivity index (χ4n) is 2.90. The maximum Gasteiger partial charge on any atom is 0.136 e. The number of aromatic nitrogens is 1. The quantitative estimate of drug-likeness (QED) is 0.829. The van der Waals surface area contributed by atoms with Gasteiger partial charge in [0, 0.05) is 34.0 Å². The third kappa shape index (κ3) is 2.86. The molecular weight excluding hydrogens is 290 g/mol. The Hall–Kier alpha value is -1.01. The molecule has 0 radical (unpaired) electrons. The molecule has 1 aliphatic carbocycles. The molecule has 0 bridgehead atoms. The SMILES string of the molecule is NC(=S)c1cc2c(nc1NC1CCS(=O)CC1)CCC2. The van der Waals surface area contributed by atoms with Gasteiger partial charge in [-0.05, 0) is 43.7 Å². The van der Waals surface area contributed by atoms with Gasteiger partial charge < -0.3 is 11.1 Å². The summed E-state index contributed by atoms with van der Waals surface area (Å²) in [5, 5.41) is 3.47. The van der Waals surface area contributed by atoms with Gasteiger partial charge in [-0.1, -0.05) is 12.2 Å². The van der Waals surface area contributed by atoms with E-state index in [2.05, 4.69) is 11.4 Å². The van der Waals surface area contributed by atoms with Crippen molar-refractivity contribution in [2.45, 2.75) is 38.1 Å². The van der Waals surface area contributed by atoms with E-state index in [1.165, 1.54) is 11.3 Å². The van der Waals surface area contributed by atoms with E-state index in [1.807, 2.05) is 0 Å². The van der Waals surface area contributed by atoms with E-state index in [0.717, 1.165) is 55.0 Å². The van der Waals surface area contributed by atoms with E-state index >= 15 is 0 Å². The minimum absolute atomic E-state index is 0.327. The Morgan fingerprint density at radius 2 is 2.15 bits per heavy atom. The number of aryl methyl sites for hydroxylation is 2. The van der Waals surface area contributed by atoms with Crippen LogP contribution in [0.3, 0.4) is 0 Å². The van der Waals surface area contributed by atoms with Crippen molar-refractivity contribution in [2.75, 3.05) is 16.8 Å². The van der Waals surface area contributed by atoms with E-state index in [1.54, 1.807) is 0 Å². The second kappa shape index (κ2) is 5.77. The summed E-state index contributed by atoms with van der Waals surface area (Å²) >= 11 is 5.16. The van der Waals surface area contributed by atoms with E-state index in [9.17, 15) is 4.21 Å². The van der Waals surface area contributed by atoms with Crippen molar-refractivity contribution in [3.63, 3.8) is 0 Å². The monoisotopic (exact) mass is 309 g/mol. The number of nitrogens with two attached hydrogens (primary N) is 1. The highest BCUT2D eigenvalue weighted by atomic mass is 32.2. The number of pyridine rings is 1. The lowest BCUT2D eigenvalue weighted by Crippen LogP contribution is -2.31. The lowest BCUT2D eigenvalue weighted by molar-refractivity contribution is 0.622. The van der Waals surface area contributed by atoms with Gasteiger partial charge in [-0.15, -0.1) is 0 Å². The molecule has 0 unspecified atom stereocenters. The van der Waals surface area contributed by atoms with Gasteiger partial charge in [-0.2, -0.15) is 0 Å². The van der Waals surface area contributed by atoms with E-state index in [-0.39, 0.29) is 0 Å². The minimum Gasteiger partial charge on any atom is -0.389 e. The van der Waals surface area contributed by atoms with Crippen LogP contribution in [0.4, 0.5) is 5.82 Å². The van der Waals surface area contributed by atoms with Crippen LogP contribution < -0.4 is 11.1 Å². The van der Waals surface area contributed by atoms with E-state index < -0.39 is 10.8 Å². The molecule has 1 aromatic heterocycles. The first-order valence-corrected chi connectivity index (χ1v) is 8.97. The van der Waals surface area contributed by atoms with Crippen LogP contribution in [-0.2, 0) is 23.6 Å². The molecule has 0 atom stereocenters. The zero-order chi connectivity index (χ0) is 14.1. The summed E-state index contributed by atoms with van der Waals surface area (Å²) in [7, 11) is -0.644. The standard InChI is InChI=1S/C14H19N3OS2/c15-13(19)11-8-9-2-1-3-12(9)17-14(11)16-10-4-6-20(18)7-5-10/h8,10H,1-7H2,(H2,15,19)(H,16,17). The normalized spacial score (nSPS) is 25.2. The highest BCUT2D eigenvalue weighted by Gasteiger charge is 2.22. The molecule has 0 amide bonds. The summed E-state index contributed by atoms with van der Waals surface area (Å²) in [4.78, 5) is 5.13. The summed E-state index contributed by atoms with van der Waals surface area (Å²) in [6, 6.07) is 2.42. The molecule has 2 aliphatic rings.